The Kier molecular flexibility index (Phi) is 21.1. The molecule has 1 N–H and O–H groups in total. The third kappa shape index (κ3) is 13.4. The van der Waals surface area contributed by atoms with E-state index in [-0.39, 0.29) is 32.4 Å². The van der Waals surface area contributed by atoms with Crippen molar-refractivity contribution in [3.8, 4) is 0 Å². The quantitative estimate of drug-likeness (QED) is 0.0646. The predicted molar refractivity (Wildman–Crippen MR) is 415 cm³/mol. The van der Waals surface area contributed by atoms with Crippen LogP contribution in [0, 0.1) is 63.1 Å². The van der Waals surface area contributed by atoms with Gasteiger partial charge in [-0.3, -0.25) is 9.59 Å². The first kappa shape index (κ1) is 71.6. The number of ketones is 2. The fourth-order valence-corrected chi connectivity index (χ4v) is 32.6. The number of hydrogen-bond donors (Lipinski definition) is 1. The Bertz CT molecular complexity index is 3760. The number of fused-ring (bicyclic) bond motifs is 10. The van der Waals surface area contributed by atoms with Gasteiger partial charge in [0.2, 0.25) is 0 Å². The summed E-state index contributed by atoms with van der Waals surface area (Å²) in [7, 11) is -5.15. The van der Waals surface area contributed by atoms with Crippen molar-refractivity contribution in [2.24, 2.45) is 63.1 Å². The molecule has 1 unspecified atom stereocenters. The highest BCUT2D eigenvalue weighted by Gasteiger charge is 2.62. The van der Waals surface area contributed by atoms with Gasteiger partial charge < -0.3 is 14.0 Å². The Morgan fingerprint density at radius 3 is 1.28 bits per heavy atom. The number of hydrogen-bond acceptors (Lipinski definition) is 5. The van der Waals surface area contributed by atoms with E-state index in [1.165, 1.54) is 144 Å². The molecule has 8 aliphatic rings. The van der Waals surface area contributed by atoms with Gasteiger partial charge in [0, 0.05) is 12.8 Å². The normalized spacial score (nSPS) is 29.7. The van der Waals surface area contributed by atoms with E-state index in [0.29, 0.717) is 47.9 Å². The molecule has 0 spiro atoms. The van der Waals surface area contributed by atoms with Crippen LogP contribution in [0.15, 0.2) is 205 Å². The summed E-state index contributed by atoms with van der Waals surface area (Å²) in [4.78, 5) is 24.6. The number of rotatable bonds is 19. The molecule has 6 fully saturated rings. The molecule has 8 aliphatic carbocycles. The molecule has 0 aromatic heterocycles. The van der Waals surface area contributed by atoms with Gasteiger partial charge in [-0.15, -0.1) is 0 Å². The first-order valence-electron chi connectivity index (χ1n) is 39.1. The van der Waals surface area contributed by atoms with Crippen LogP contribution in [-0.4, -0.2) is 39.4 Å². The number of carbonyl (C=O) groups is 2. The van der Waals surface area contributed by atoms with Crippen molar-refractivity contribution < 1.29 is 23.5 Å². The Hall–Kier alpha value is -5.81. The van der Waals surface area contributed by atoms with E-state index in [0.717, 1.165) is 75.0 Å². The third-order valence-corrected chi connectivity index (χ3v) is 38.2. The van der Waals surface area contributed by atoms with Gasteiger partial charge in [0.25, 0.3) is 16.6 Å². The first-order chi connectivity index (χ1) is 47.6. The number of aliphatic hydroxyl groups excluding tert-OH is 1. The summed E-state index contributed by atoms with van der Waals surface area (Å²) < 4.78 is 14.4. The standard InChI is InChI=1S/C46H60O3Si.C46H58O2Si/c1-33(47)41-24-25-43-40-23-22-36-31-37(48)26-29-45(36,5)42(40)27-30-46(41,43)28-12-13-34-18-20-35(21-19-34)32-49-50(44(2,3)4,38-14-8-6-9-15-38)39-16-10-7-11-17-39;1-6-36-24-26-43-41-25-23-37-32-38(47)27-30-45(37,5)42(41)28-31-46(36,43)29-13-14-34-19-21-35(22-20-34)33-48-49(44(2,3)4,39-15-9-7-10-16-39)40-17-11-8-12-18-40/h6-11,14-21,31,33,40-43,47H,12-13,22-30,32H2,1-5H3;6-12,15-22,32,41-43H,13-14,23-31,33H2,1-5H3/b;36-6+/t33?,40-,41-,42-,43+,45-,46-;41-,42-,43+,45-,46-/m11/s1. The van der Waals surface area contributed by atoms with E-state index < -0.39 is 16.6 Å². The van der Waals surface area contributed by atoms with Crippen molar-refractivity contribution >= 4 is 48.9 Å². The molecule has 5 nitrogen and oxygen atoms in total. The SMILES string of the molecule is C/C=C1\CC[C@H]2[C@@H]3CCC4=CC(=O)CC[C@@]4(C)[C@@H]3CC[C@]12CCCc1ccc(CO[Si](c2ccccc2)(c2ccccc2)C(C)(C)C)cc1.CC(O)[C@H]1CC[C@H]2[C@@H]3CCC4=CC(=O)CC[C@@]4(C)[C@@H]3CC[C@]12CCCc1ccc(CO[Si](c2ccccc2)(c2ccccc2)C(C)(C)C)cc1. The molecule has 0 bridgehead atoms. The summed E-state index contributed by atoms with van der Waals surface area (Å²) in [6.45, 7) is 24.7. The molecule has 12 atom stereocenters. The van der Waals surface area contributed by atoms with Crippen molar-refractivity contribution in [3.05, 3.63) is 227 Å². The number of allylic oxidation sites excluding steroid dienone is 4. The van der Waals surface area contributed by atoms with Gasteiger partial charge in [-0.25, -0.2) is 0 Å². The fraction of sp³-hybridized carbons (Fsp3) is 0.522. The molecule has 524 valence electrons. The van der Waals surface area contributed by atoms with E-state index in [1.54, 1.807) is 5.57 Å². The maximum absolute atomic E-state index is 12.3. The highest BCUT2D eigenvalue weighted by atomic mass is 28.4. The number of carbonyl (C=O) groups excluding carboxylic acids is 2. The van der Waals surface area contributed by atoms with Crippen LogP contribution in [0.25, 0.3) is 0 Å². The summed E-state index contributed by atoms with van der Waals surface area (Å²) in [5, 5.41) is 16.3. The molecule has 0 amide bonds. The molecule has 99 heavy (non-hydrogen) atoms. The monoisotopic (exact) mass is 1360 g/mol. The molecule has 0 heterocycles. The number of benzene rings is 6. The zero-order valence-electron chi connectivity index (χ0n) is 62.1. The molecule has 7 heteroatoms. The minimum Gasteiger partial charge on any atom is -0.403 e. The van der Waals surface area contributed by atoms with E-state index in [4.69, 9.17) is 8.85 Å². The van der Waals surface area contributed by atoms with Crippen molar-refractivity contribution in [2.75, 3.05) is 0 Å². The van der Waals surface area contributed by atoms with Gasteiger partial charge in [0.15, 0.2) is 11.6 Å². The molecule has 6 saturated carbocycles. The summed E-state index contributed by atoms with van der Waals surface area (Å²) in [6, 6.07) is 62.4. The van der Waals surface area contributed by atoms with Crippen LogP contribution < -0.4 is 20.7 Å². The fourth-order valence-electron chi connectivity index (χ4n) is 23.5. The summed E-state index contributed by atoms with van der Waals surface area (Å²) >= 11 is 0. The Morgan fingerprint density at radius 2 is 0.869 bits per heavy atom. The van der Waals surface area contributed by atoms with Crippen LogP contribution in [0.3, 0.4) is 0 Å². The molecule has 0 saturated heterocycles. The topological polar surface area (TPSA) is 72.8 Å². The molecular weight excluding hydrogens is 1240 g/mol. The maximum Gasteiger partial charge on any atom is 0.261 e. The van der Waals surface area contributed by atoms with Crippen LogP contribution in [0.1, 0.15) is 220 Å². The second-order valence-electron chi connectivity index (χ2n) is 34.9. The molecule has 6 aromatic rings. The highest BCUT2D eigenvalue weighted by Crippen LogP contribution is 2.70. The maximum atomic E-state index is 12.3. The Labute approximate surface area is 598 Å². The highest BCUT2D eigenvalue weighted by molar-refractivity contribution is 7.00. The van der Waals surface area contributed by atoms with Crippen LogP contribution in [0.4, 0.5) is 0 Å². The minimum atomic E-state index is -2.58. The van der Waals surface area contributed by atoms with Gasteiger partial charge in [-0.2, -0.15) is 0 Å². The Morgan fingerprint density at radius 1 is 0.465 bits per heavy atom. The lowest BCUT2D eigenvalue weighted by atomic mass is 9.45. The van der Waals surface area contributed by atoms with E-state index in [9.17, 15) is 14.7 Å². The van der Waals surface area contributed by atoms with Gasteiger partial charge in [0.05, 0.1) is 19.3 Å². The first-order valence-corrected chi connectivity index (χ1v) is 42.9. The second kappa shape index (κ2) is 29.1. The predicted octanol–water partition coefficient (Wildman–Crippen LogP) is 20.1. The van der Waals surface area contributed by atoms with Crippen LogP contribution in [-0.2, 0) is 44.5 Å². The van der Waals surface area contributed by atoms with Gasteiger partial charge >= 0.3 is 0 Å². The van der Waals surface area contributed by atoms with Gasteiger partial charge in [0.1, 0.15) is 0 Å². The van der Waals surface area contributed by atoms with E-state index >= 15 is 0 Å². The lowest BCUT2D eigenvalue weighted by Crippen LogP contribution is -2.66. The van der Waals surface area contributed by atoms with Crippen molar-refractivity contribution in [2.45, 2.75) is 240 Å². The van der Waals surface area contributed by atoms with Gasteiger partial charge in [-0.05, 0) is 271 Å². The average Bonchev–Trinajstić information content (AvgIpc) is 1.68. The molecule has 0 aliphatic heterocycles. The molecule has 0 radical (unpaired) electrons. The van der Waals surface area contributed by atoms with Crippen molar-refractivity contribution in [1.82, 2.24) is 0 Å². The zero-order chi connectivity index (χ0) is 69.4. The zero-order valence-corrected chi connectivity index (χ0v) is 64.1. The minimum absolute atomic E-state index is 0.0259. The van der Waals surface area contributed by atoms with Crippen LogP contribution in [0.5, 0.6) is 0 Å². The molecular formula is C92H118O5Si2. The summed E-state index contributed by atoms with van der Waals surface area (Å²) in [5.41, 5.74) is 11.1. The summed E-state index contributed by atoms with van der Waals surface area (Å²) in [5.74, 6) is 5.64. The lowest BCUT2D eigenvalue weighted by molar-refractivity contribution is -0.118. The van der Waals surface area contributed by atoms with Crippen LogP contribution in [0.2, 0.25) is 10.1 Å². The van der Waals surface area contributed by atoms with Crippen LogP contribution >= 0.6 is 0 Å². The molecule has 14 rings (SSSR count). The second-order valence-corrected chi connectivity index (χ2v) is 43.5. The van der Waals surface area contributed by atoms with E-state index in [2.05, 4.69) is 251 Å². The largest absolute Gasteiger partial charge is 0.403 e. The average molecular weight is 1360 g/mol. The van der Waals surface area contributed by atoms with E-state index in [1.807, 2.05) is 6.08 Å². The van der Waals surface area contributed by atoms with Gasteiger partial charge in [-0.1, -0.05) is 248 Å². The molecule has 6 aromatic carbocycles. The number of aryl methyl sites for hydroxylation is 2. The smallest absolute Gasteiger partial charge is 0.261 e. The number of aliphatic hydroxyl groups is 1. The lowest BCUT2D eigenvalue weighted by Gasteiger charge is -2.59. The van der Waals surface area contributed by atoms with Crippen molar-refractivity contribution in [3.63, 3.8) is 0 Å². The third-order valence-electron chi connectivity index (χ3n) is 28.2. The summed E-state index contributed by atoms with van der Waals surface area (Å²) in [6.07, 6.45) is 32.2. The Balaban J connectivity index is 0.000000178. The van der Waals surface area contributed by atoms with Crippen molar-refractivity contribution in [1.29, 1.82) is 0 Å².